The Morgan fingerprint density at radius 3 is 2.44 bits per heavy atom. The van der Waals surface area contributed by atoms with E-state index in [0.29, 0.717) is 12.6 Å². The zero-order chi connectivity index (χ0) is 12.0. The Labute approximate surface area is 96.7 Å². The molecule has 0 saturated heterocycles. The fraction of sp³-hybridized carbons (Fsp3) is 0.462. The molecule has 88 valence electrons. The van der Waals surface area contributed by atoms with Crippen LogP contribution in [-0.2, 0) is 11.3 Å². The summed E-state index contributed by atoms with van der Waals surface area (Å²) in [6, 6.07) is 10.6. The molecule has 0 spiro atoms. The first kappa shape index (κ1) is 12.7. The average Bonchev–Trinajstić information content (AvgIpc) is 2.25. The van der Waals surface area contributed by atoms with Gasteiger partial charge in [-0.05, 0) is 13.8 Å². The Balaban J connectivity index is 2.54. The molecule has 3 heteroatoms. The quantitative estimate of drug-likeness (QED) is 0.711. The zero-order valence-electron chi connectivity index (χ0n) is 9.90. The Morgan fingerprint density at radius 1 is 1.31 bits per heavy atom. The molecule has 1 aromatic rings. The summed E-state index contributed by atoms with van der Waals surface area (Å²) in [6.07, 6.45) is 0.125. The number of nitrogens with one attached hydrogen (secondary N) is 1. The molecule has 0 aliphatic heterocycles. The number of rotatable bonds is 6. The second-order valence-electron chi connectivity index (χ2n) is 4.35. The number of carboxylic acids is 1. The average molecular weight is 221 g/mol. The number of hydrogen-bond donors (Lipinski definition) is 1. The van der Waals surface area contributed by atoms with Crippen molar-refractivity contribution in [3.05, 3.63) is 35.9 Å². The molecular formula is C13H19NO2. The lowest BCUT2D eigenvalue weighted by atomic mass is 10.2. The van der Waals surface area contributed by atoms with Crippen LogP contribution in [0.3, 0.4) is 0 Å². The summed E-state index contributed by atoms with van der Waals surface area (Å²) in [5, 5.41) is 10.5. The standard InChI is InChI=1S/C13H19NO2/c1-11(2)14(9-8-13(15)16)10-12-6-4-3-5-7-12/h3-7,11H,8-10H2,1-2H3,(H,15,16). The van der Waals surface area contributed by atoms with Crippen molar-refractivity contribution in [2.75, 3.05) is 6.54 Å². The first-order valence-corrected chi connectivity index (χ1v) is 5.68. The summed E-state index contributed by atoms with van der Waals surface area (Å²) < 4.78 is 0. The molecule has 0 aliphatic carbocycles. The van der Waals surface area contributed by atoms with Crippen LogP contribution in [0.5, 0.6) is 0 Å². The van der Waals surface area contributed by atoms with Gasteiger partial charge in [-0.1, -0.05) is 30.3 Å². The van der Waals surface area contributed by atoms with Crippen LogP contribution in [0.2, 0.25) is 0 Å². The number of carboxylic acid groups (broad SMARTS) is 1. The van der Waals surface area contributed by atoms with Crippen molar-refractivity contribution in [3.63, 3.8) is 0 Å². The lowest BCUT2D eigenvalue weighted by Crippen LogP contribution is -3.13. The number of aliphatic carboxylic acids is 1. The normalized spacial score (nSPS) is 12.7. The molecule has 1 aromatic carbocycles. The second-order valence-corrected chi connectivity index (χ2v) is 4.35. The van der Waals surface area contributed by atoms with Crippen molar-refractivity contribution in [3.8, 4) is 0 Å². The fourth-order valence-corrected chi connectivity index (χ4v) is 1.70. The van der Waals surface area contributed by atoms with Gasteiger partial charge in [0.15, 0.2) is 0 Å². The monoisotopic (exact) mass is 221 g/mol. The van der Waals surface area contributed by atoms with Crippen molar-refractivity contribution < 1.29 is 14.8 Å². The molecule has 1 atom stereocenters. The molecule has 0 amide bonds. The van der Waals surface area contributed by atoms with Gasteiger partial charge in [-0.2, -0.15) is 0 Å². The van der Waals surface area contributed by atoms with E-state index in [0.717, 1.165) is 6.54 Å². The maximum absolute atomic E-state index is 10.5. The molecule has 0 bridgehead atoms. The van der Waals surface area contributed by atoms with E-state index >= 15 is 0 Å². The Kier molecular flexibility index (Phi) is 4.99. The largest absolute Gasteiger partial charge is 0.550 e. The van der Waals surface area contributed by atoms with E-state index in [1.54, 1.807) is 0 Å². The first-order chi connectivity index (χ1) is 7.59. The third-order valence-corrected chi connectivity index (χ3v) is 2.74. The molecule has 16 heavy (non-hydrogen) atoms. The van der Waals surface area contributed by atoms with Crippen molar-refractivity contribution in [2.45, 2.75) is 32.9 Å². The SMILES string of the molecule is CC(C)[NH+](CCC(=O)[O-])Cc1ccccc1. The highest BCUT2D eigenvalue weighted by molar-refractivity contribution is 5.64. The van der Waals surface area contributed by atoms with Gasteiger partial charge >= 0.3 is 0 Å². The molecule has 1 unspecified atom stereocenters. The minimum atomic E-state index is -0.966. The van der Waals surface area contributed by atoms with Crippen LogP contribution in [0, 0.1) is 0 Å². The molecule has 0 aromatic heterocycles. The molecule has 0 fully saturated rings. The van der Waals surface area contributed by atoms with E-state index in [9.17, 15) is 9.90 Å². The Morgan fingerprint density at radius 2 is 1.94 bits per heavy atom. The number of carbonyl (C=O) groups is 1. The summed E-state index contributed by atoms with van der Waals surface area (Å²) in [6.45, 7) is 5.70. The van der Waals surface area contributed by atoms with Crippen LogP contribution >= 0.6 is 0 Å². The summed E-state index contributed by atoms with van der Waals surface area (Å²) >= 11 is 0. The lowest BCUT2D eigenvalue weighted by molar-refractivity contribution is -0.934. The van der Waals surface area contributed by atoms with Crippen LogP contribution in [0.15, 0.2) is 30.3 Å². The Bertz CT molecular complexity index is 322. The van der Waals surface area contributed by atoms with Crippen LogP contribution < -0.4 is 10.0 Å². The van der Waals surface area contributed by atoms with Crippen LogP contribution in [0.4, 0.5) is 0 Å². The van der Waals surface area contributed by atoms with E-state index in [-0.39, 0.29) is 6.42 Å². The first-order valence-electron chi connectivity index (χ1n) is 5.68. The highest BCUT2D eigenvalue weighted by atomic mass is 16.4. The summed E-state index contributed by atoms with van der Waals surface area (Å²) in [5.41, 5.74) is 1.24. The molecular weight excluding hydrogens is 202 g/mol. The van der Waals surface area contributed by atoms with Crippen molar-refractivity contribution in [2.24, 2.45) is 0 Å². The van der Waals surface area contributed by atoms with Gasteiger partial charge in [-0.15, -0.1) is 0 Å². The third kappa shape index (κ3) is 4.45. The minimum absolute atomic E-state index is 0.125. The number of hydrogen-bond acceptors (Lipinski definition) is 2. The van der Waals surface area contributed by atoms with E-state index in [1.165, 1.54) is 10.5 Å². The topological polar surface area (TPSA) is 44.6 Å². The molecule has 0 saturated carbocycles. The molecule has 1 N–H and O–H groups in total. The summed E-state index contributed by atoms with van der Waals surface area (Å²) in [4.78, 5) is 11.7. The van der Waals surface area contributed by atoms with Gasteiger partial charge in [0.2, 0.25) is 0 Å². The van der Waals surface area contributed by atoms with Gasteiger partial charge in [0, 0.05) is 18.0 Å². The van der Waals surface area contributed by atoms with E-state index in [4.69, 9.17) is 0 Å². The van der Waals surface area contributed by atoms with Gasteiger partial charge in [0.05, 0.1) is 12.6 Å². The number of quaternary nitrogens is 1. The molecule has 0 heterocycles. The minimum Gasteiger partial charge on any atom is -0.550 e. The summed E-state index contributed by atoms with van der Waals surface area (Å²) in [5.74, 6) is -0.966. The molecule has 0 radical (unpaired) electrons. The van der Waals surface area contributed by atoms with Crippen molar-refractivity contribution in [1.82, 2.24) is 0 Å². The number of benzene rings is 1. The highest BCUT2D eigenvalue weighted by Gasteiger charge is 2.13. The number of carbonyl (C=O) groups excluding carboxylic acids is 1. The maximum atomic E-state index is 10.5. The van der Waals surface area contributed by atoms with Gasteiger partial charge < -0.3 is 14.8 Å². The Hall–Kier alpha value is -1.35. The van der Waals surface area contributed by atoms with E-state index in [2.05, 4.69) is 26.0 Å². The molecule has 0 aliphatic rings. The predicted octanol–water partition coefficient (Wildman–Crippen LogP) is -0.380. The van der Waals surface area contributed by atoms with E-state index in [1.807, 2.05) is 18.2 Å². The highest BCUT2D eigenvalue weighted by Crippen LogP contribution is 1.95. The van der Waals surface area contributed by atoms with E-state index < -0.39 is 5.97 Å². The maximum Gasteiger partial charge on any atom is 0.103 e. The zero-order valence-corrected chi connectivity index (χ0v) is 9.90. The molecule has 3 nitrogen and oxygen atoms in total. The third-order valence-electron chi connectivity index (χ3n) is 2.74. The predicted molar refractivity (Wildman–Crippen MR) is 60.7 cm³/mol. The van der Waals surface area contributed by atoms with Crippen LogP contribution in [0.1, 0.15) is 25.8 Å². The van der Waals surface area contributed by atoms with Gasteiger partial charge in [-0.25, -0.2) is 0 Å². The molecule has 1 rings (SSSR count). The second kappa shape index (κ2) is 6.28. The van der Waals surface area contributed by atoms with Gasteiger partial charge in [0.1, 0.15) is 6.54 Å². The van der Waals surface area contributed by atoms with Gasteiger partial charge in [-0.3, -0.25) is 0 Å². The van der Waals surface area contributed by atoms with Crippen LogP contribution in [-0.4, -0.2) is 18.6 Å². The smallest absolute Gasteiger partial charge is 0.103 e. The summed E-state index contributed by atoms with van der Waals surface area (Å²) in [7, 11) is 0. The van der Waals surface area contributed by atoms with Crippen molar-refractivity contribution in [1.29, 1.82) is 0 Å². The van der Waals surface area contributed by atoms with Crippen LogP contribution in [0.25, 0.3) is 0 Å². The van der Waals surface area contributed by atoms with Crippen molar-refractivity contribution >= 4 is 5.97 Å². The van der Waals surface area contributed by atoms with Gasteiger partial charge in [0.25, 0.3) is 0 Å². The lowest BCUT2D eigenvalue weighted by Gasteiger charge is -2.23. The fourth-order valence-electron chi connectivity index (χ4n) is 1.70.